The Labute approximate surface area is 210 Å². The van der Waals surface area contributed by atoms with Crippen LogP contribution >= 0.6 is 0 Å². The van der Waals surface area contributed by atoms with E-state index in [1.54, 1.807) is 6.20 Å². The largest absolute Gasteiger partial charge is 0.381 e. The molecule has 8 heteroatoms. The van der Waals surface area contributed by atoms with E-state index in [0.29, 0.717) is 31.9 Å². The van der Waals surface area contributed by atoms with Gasteiger partial charge in [0.15, 0.2) is 0 Å². The fourth-order valence-electron chi connectivity index (χ4n) is 5.31. The first kappa shape index (κ1) is 22.8. The average molecular weight is 486 g/mol. The molecule has 1 spiro atoms. The highest BCUT2D eigenvalue weighted by Crippen LogP contribution is 2.39. The summed E-state index contributed by atoms with van der Waals surface area (Å²) in [7, 11) is 0. The second-order valence-corrected chi connectivity index (χ2v) is 10.5. The van der Waals surface area contributed by atoms with Crippen molar-refractivity contribution in [2.45, 2.75) is 50.2 Å². The maximum absolute atomic E-state index is 13.8. The van der Waals surface area contributed by atoms with Gasteiger partial charge in [-0.3, -0.25) is 14.8 Å². The minimum absolute atomic E-state index is 0.00620. The standard InChI is InChI=1S/C28H31N5O3/c1-27(9-10-27)31-25(34)22-4-2-3-20(15-22)18-33-26(35)32(19-28(33)11-13-36-14-12-28)24-7-5-21(6-8-24)23-16-29-30-17-23/h2-8,15-17H,9-14,18-19H2,1H3,(H,29,30)(H,31,34). The van der Waals surface area contributed by atoms with Crippen LogP contribution < -0.4 is 10.2 Å². The number of carbonyl (C=O) groups is 2. The number of nitrogens with zero attached hydrogens (tertiary/aromatic N) is 3. The van der Waals surface area contributed by atoms with Gasteiger partial charge >= 0.3 is 6.03 Å². The number of hydrogen-bond acceptors (Lipinski definition) is 4. The van der Waals surface area contributed by atoms with Gasteiger partial charge in [0.2, 0.25) is 0 Å². The average Bonchev–Trinajstić information content (AvgIpc) is 3.28. The fourth-order valence-corrected chi connectivity index (χ4v) is 5.31. The van der Waals surface area contributed by atoms with E-state index in [9.17, 15) is 9.59 Å². The van der Waals surface area contributed by atoms with E-state index in [-0.39, 0.29) is 23.0 Å². The van der Waals surface area contributed by atoms with Gasteiger partial charge < -0.3 is 15.0 Å². The molecule has 3 amide bonds. The normalized spacial score (nSPS) is 20.1. The number of hydrogen-bond donors (Lipinski definition) is 2. The summed E-state index contributed by atoms with van der Waals surface area (Å²) in [4.78, 5) is 30.5. The van der Waals surface area contributed by atoms with Crippen molar-refractivity contribution in [3.05, 3.63) is 72.1 Å². The quantitative estimate of drug-likeness (QED) is 0.543. The predicted molar refractivity (Wildman–Crippen MR) is 137 cm³/mol. The molecule has 0 atom stereocenters. The van der Waals surface area contributed by atoms with Gasteiger partial charge in [0.05, 0.1) is 18.3 Å². The third-order valence-corrected chi connectivity index (χ3v) is 7.87. The number of benzene rings is 2. The van der Waals surface area contributed by atoms with Crippen LogP contribution in [0.3, 0.4) is 0 Å². The second-order valence-electron chi connectivity index (χ2n) is 10.5. The summed E-state index contributed by atoms with van der Waals surface area (Å²) < 4.78 is 5.67. The molecule has 6 rings (SSSR count). The Balaban J connectivity index is 1.25. The summed E-state index contributed by atoms with van der Waals surface area (Å²) in [5, 5.41) is 9.99. The van der Waals surface area contributed by atoms with Crippen LogP contribution in [0.25, 0.3) is 11.1 Å². The highest BCUT2D eigenvalue weighted by molar-refractivity contribution is 5.96. The minimum Gasteiger partial charge on any atom is -0.381 e. The smallest absolute Gasteiger partial charge is 0.325 e. The summed E-state index contributed by atoms with van der Waals surface area (Å²) in [6.07, 6.45) is 7.26. The van der Waals surface area contributed by atoms with Crippen molar-refractivity contribution in [1.29, 1.82) is 0 Å². The first-order valence-corrected chi connectivity index (χ1v) is 12.6. The van der Waals surface area contributed by atoms with E-state index in [2.05, 4.69) is 22.4 Å². The third-order valence-electron chi connectivity index (χ3n) is 7.87. The van der Waals surface area contributed by atoms with E-state index in [4.69, 9.17) is 4.74 Å². The van der Waals surface area contributed by atoms with Crippen molar-refractivity contribution in [3.63, 3.8) is 0 Å². The molecular formula is C28H31N5O3. The van der Waals surface area contributed by atoms with E-state index in [1.165, 1.54) is 0 Å². The zero-order valence-corrected chi connectivity index (χ0v) is 20.5. The first-order valence-electron chi connectivity index (χ1n) is 12.6. The Morgan fingerprint density at radius 3 is 2.56 bits per heavy atom. The summed E-state index contributed by atoms with van der Waals surface area (Å²) in [6.45, 7) is 4.43. The number of amides is 3. The van der Waals surface area contributed by atoms with Gasteiger partial charge in [0.1, 0.15) is 0 Å². The van der Waals surface area contributed by atoms with Crippen LogP contribution in [0.1, 0.15) is 48.5 Å². The monoisotopic (exact) mass is 485 g/mol. The molecule has 3 aliphatic rings. The number of nitrogens with one attached hydrogen (secondary N) is 2. The van der Waals surface area contributed by atoms with Gasteiger partial charge in [0.25, 0.3) is 5.91 Å². The van der Waals surface area contributed by atoms with Crippen molar-refractivity contribution in [3.8, 4) is 11.1 Å². The molecule has 2 aliphatic heterocycles. The lowest BCUT2D eigenvalue weighted by Gasteiger charge is -2.40. The minimum atomic E-state index is -0.293. The molecule has 1 aromatic heterocycles. The molecule has 3 aromatic rings. The van der Waals surface area contributed by atoms with Crippen LogP contribution in [-0.4, -0.2) is 57.9 Å². The van der Waals surface area contributed by atoms with Crippen LogP contribution in [0.15, 0.2) is 60.9 Å². The zero-order chi connectivity index (χ0) is 24.8. The predicted octanol–water partition coefficient (Wildman–Crippen LogP) is 4.35. The molecule has 1 aliphatic carbocycles. The number of anilines is 1. The van der Waals surface area contributed by atoms with Gasteiger partial charge in [-0.15, -0.1) is 0 Å². The van der Waals surface area contributed by atoms with E-state index in [1.807, 2.05) is 64.5 Å². The number of H-pyrrole nitrogens is 1. The van der Waals surface area contributed by atoms with Crippen LogP contribution in [0, 0.1) is 0 Å². The van der Waals surface area contributed by atoms with Crippen LogP contribution in [0.4, 0.5) is 10.5 Å². The Hall–Kier alpha value is -3.65. The SMILES string of the molecule is CC1(NC(=O)c2cccc(CN3C(=O)N(c4ccc(-c5cn[nH]c5)cc4)CC34CCOCC4)c2)CC1. The molecular weight excluding hydrogens is 454 g/mol. The molecule has 0 bridgehead atoms. The first-order chi connectivity index (χ1) is 17.4. The van der Waals surface area contributed by atoms with Crippen molar-refractivity contribution in [1.82, 2.24) is 20.4 Å². The maximum Gasteiger partial charge on any atom is 0.325 e. The van der Waals surface area contributed by atoms with Gasteiger partial charge in [-0.25, -0.2) is 4.79 Å². The molecule has 36 heavy (non-hydrogen) atoms. The highest BCUT2D eigenvalue weighted by atomic mass is 16.5. The van der Waals surface area contributed by atoms with Crippen molar-refractivity contribution in [2.75, 3.05) is 24.7 Å². The van der Waals surface area contributed by atoms with Gasteiger partial charge in [-0.2, -0.15) is 5.10 Å². The Bertz CT molecular complexity index is 1260. The van der Waals surface area contributed by atoms with Crippen LogP contribution in [-0.2, 0) is 11.3 Å². The van der Waals surface area contributed by atoms with E-state index < -0.39 is 0 Å². The maximum atomic E-state index is 13.8. The number of carbonyl (C=O) groups excluding carboxylic acids is 2. The summed E-state index contributed by atoms with van der Waals surface area (Å²) in [5.74, 6) is -0.0512. The van der Waals surface area contributed by atoms with Gasteiger partial charge in [-0.1, -0.05) is 24.3 Å². The molecule has 2 N–H and O–H groups in total. The number of ether oxygens (including phenoxy) is 1. The summed E-state index contributed by atoms with van der Waals surface area (Å²) >= 11 is 0. The lowest BCUT2D eigenvalue weighted by Crippen LogP contribution is -2.50. The van der Waals surface area contributed by atoms with Gasteiger partial charge in [0, 0.05) is 48.3 Å². The molecule has 0 radical (unpaired) electrons. The molecule has 8 nitrogen and oxygen atoms in total. The molecule has 1 saturated carbocycles. The second kappa shape index (κ2) is 8.78. The molecule has 2 aromatic carbocycles. The zero-order valence-electron chi connectivity index (χ0n) is 20.5. The van der Waals surface area contributed by atoms with Crippen molar-refractivity contribution >= 4 is 17.6 Å². The third kappa shape index (κ3) is 4.26. The number of urea groups is 1. The summed E-state index contributed by atoms with van der Waals surface area (Å²) in [6, 6.07) is 15.7. The fraction of sp³-hybridized carbons (Fsp3) is 0.393. The van der Waals surface area contributed by atoms with Crippen LogP contribution in [0.5, 0.6) is 0 Å². The number of aromatic amines is 1. The Kier molecular flexibility index (Phi) is 5.56. The molecule has 2 saturated heterocycles. The lowest BCUT2D eigenvalue weighted by molar-refractivity contribution is 0.00611. The molecule has 3 heterocycles. The molecule has 186 valence electrons. The number of aromatic nitrogens is 2. The van der Waals surface area contributed by atoms with E-state index >= 15 is 0 Å². The highest BCUT2D eigenvalue weighted by Gasteiger charge is 2.50. The topological polar surface area (TPSA) is 90.6 Å². The lowest BCUT2D eigenvalue weighted by atomic mass is 9.88. The Morgan fingerprint density at radius 1 is 1.08 bits per heavy atom. The molecule has 0 unspecified atom stereocenters. The molecule has 3 fully saturated rings. The van der Waals surface area contributed by atoms with Crippen molar-refractivity contribution in [2.24, 2.45) is 0 Å². The Morgan fingerprint density at radius 2 is 1.86 bits per heavy atom. The van der Waals surface area contributed by atoms with Gasteiger partial charge in [-0.05, 0) is 68.0 Å². The van der Waals surface area contributed by atoms with Crippen LogP contribution in [0.2, 0.25) is 0 Å². The number of rotatable bonds is 6. The van der Waals surface area contributed by atoms with Crippen molar-refractivity contribution < 1.29 is 14.3 Å². The van der Waals surface area contributed by atoms with E-state index in [0.717, 1.165) is 48.1 Å². The summed E-state index contributed by atoms with van der Waals surface area (Å²) in [5.41, 5.74) is 4.17.